The fourth-order valence-corrected chi connectivity index (χ4v) is 2.13. The minimum absolute atomic E-state index is 0. The van der Waals surface area contributed by atoms with Gasteiger partial charge in [0.15, 0.2) is 0 Å². The van der Waals surface area contributed by atoms with Gasteiger partial charge < -0.3 is 4.74 Å². The van der Waals surface area contributed by atoms with Crippen LogP contribution in [0.5, 0.6) is 0 Å². The van der Waals surface area contributed by atoms with E-state index in [1.54, 1.807) is 6.07 Å². The molecule has 1 aliphatic heterocycles. The molecule has 1 fully saturated rings. The lowest BCUT2D eigenvalue weighted by Gasteiger charge is -2.35. The molecular weight excluding hydrogens is 291 g/mol. The molecule has 0 radical (unpaired) electrons. The van der Waals surface area contributed by atoms with E-state index in [-0.39, 0.29) is 36.0 Å². The van der Waals surface area contributed by atoms with E-state index in [4.69, 9.17) is 4.74 Å². The van der Waals surface area contributed by atoms with E-state index in [1.165, 1.54) is 12.1 Å². The molecule has 1 aromatic carbocycles. The van der Waals surface area contributed by atoms with Crippen LogP contribution in [0, 0.1) is 5.41 Å². The topological polar surface area (TPSA) is 21.3 Å². The van der Waals surface area contributed by atoms with E-state index >= 15 is 0 Å². The van der Waals surface area contributed by atoms with Crippen molar-refractivity contribution < 1.29 is 17.9 Å². The molecule has 0 amide bonds. The maximum Gasteiger partial charge on any atom is 0.416 e. The Balaban J connectivity index is 0.00000200. The average molecular weight is 310 g/mol. The summed E-state index contributed by atoms with van der Waals surface area (Å²) in [6.45, 7) is 5.41. The molecule has 1 atom stereocenters. The second-order valence-electron chi connectivity index (χ2n) is 5.70. The van der Waals surface area contributed by atoms with Crippen LogP contribution in [-0.2, 0) is 17.3 Å². The molecule has 114 valence electrons. The first-order chi connectivity index (χ1) is 8.78. The number of nitrogens with one attached hydrogen (secondary N) is 1. The summed E-state index contributed by atoms with van der Waals surface area (Å²) in [6.07, 6.45) is -4.44. The average Bonchev–Trinajstić information content (AvgIpc) is 2.31. The molecule has 1 aliphatic rings. The summed E-state index contributed by atoms with van der Waals surface area (Å²) < 4.78 is 44.2. The molecular formula is C14H19ClF3NO. The maximum atomic E-state index is 12.9. The Kier molecular flexibility index (Phi) is 5.46. The van der Waals surface area contributed by atoms with Crippen LogP contribution in [-0.4, -0.2) is 19.4 Å². The van der Waals surface area contributed by atoms with Crippen LogP contribution in [0.4, 0.5) is 13.2 Å². The molecule has 1 N–H and O–H groups in total. The summed E-state index contributed by atoms with van der Waals surface area (Å²) in [5.41, 5.74) is -0.280. The summed E-state index contributed by atoms with van der Waals surface area (Å²) in [5.74, 6) is 0. The Morgan fingerprint density at radius 2 is 1.95 bits per heavy atom. The number of hydrogen-bond acceptors (Lipinski definition) is 2. The molecule has 1 unspecified atom stereocenters. The van der Waals surface area contributed by atoms with Gasteiger partial charge in [0.2, 0.25) is 0 Å². The van der Waals surface area contributed by atoms with E-state index in [1.807, 2.05) is 0 Å². The highest BCUT2D eigenvalue weighted by Crippen LogP contribution is 2.32. The quantitative estimate of drug-likeness (QED) is 0.900. The number of benzene rings is 1. The van der Waals surface area contributed by atoms with E-state index in [0.717, 1.165) is 12.6 Å². The van der Waals surface area contributed by atoms with Crippen LogP contribution in [0.25, 0.3) is 0 Å². The molecule has 0 aliphatic carbocycles. The van der Waals surface area contributed by atoms with Gasteiger partial charge in [0.25, 0.3) is 0 Å². The first kappa shape index (κ1) is 17.3. The van der Waals surface area contributed by atoms with Crippen molar-refractivity contribution in [1.82, 2.24) is 5.32 Å². The van der Waals surface area contributed by atoms with Crippen LogP contribution < -0.4 is 5.32 Å². The van der Waals surface area contributed by atoms with E-state index < -0.39 is 11.7 Å². The van der Waals surface area contributed by atoms with Gasteiger partial charge in [-0.2, -0.15) is 13.2 Å². The Labute approximate surface area is 123 Å². The fourth-order valence-electron chi connectivity index (χ4n) is 2.13. The minimum atomic E-state index is -4.31. The molecule has 0 saturated carbocycles. The summed E-state index contributed by atoms with van der Waals surface area (Å²) in [7, 11) is 0. The largest absolute Gasteiger partial charge is 0.416 e. The van der Waals surface area contributed by atoms with Crippen molar-refractivity contribution in [3.63, 3.8) is 0 Å². The zero-order valence-corrected chi connectivity index (χ0v) is 12.3. The van der Waals surface area contributed by atoms with Crippen molar-refractivity contribution in [1.29, 1.82) is 0 Å². The zero-order valence-electron chi connectivity index (χ0n) is 11.5. The molecule has 1 heterocycles. The molecule has 0 spiro atoms. The molecule has 2 rings (SSSR count). The minimum Gasteiger partial charge on any atom is -0.362 e. The van der Waals surface area contributed by atoms with E-state index in [2.05, 4.69) is 19.2 Å². The second kappa shape index (κ2) is 6.33. The zero-order chi connectivity index (χ0) is 14.1. The van der Waals surface area contributed by atoms with Gasteiger partial charge in [0, 0.05) is 18.4 Å². The van der Waals surface area contributed by atoms with Crippen LogP contribution in [0.1, 0.15) is 25.0 Å². The Morgan fingerprint density at radius 1 is 1.30 bits per heavy atom. The third-order valence-corrected chi connectivity index (χ3v) is 3.21. The molecule has 6 heteroatoms. The van der Waals surface area contributed by atoms with Gasteiger partial charge in [-0.15, -0.1) is 12.4 Å². The third kappa shape index (κ3) is 4.36. The molecule has 2 nitrogen and oxygen atoms in total. The van der Waals surface area contributed by atoms with Gasteiger partial charge in [0.1, 0.15) is 6.23 Å². The van der Waals surface area contributed by atoms with Gasteiger partial charge in [-0.1, -0.05) is 32.0 Å². The summed E-state index contributed by atoms with van der Waals surface area (Å²) in [5, 5.41) is 3.15. The number of hydrogen-bond donors (Lipinski definition) is 1. The summed E-state index contributed by atoms with van der Waals surface area (Å²) in [6, 6.07) is 5.65. The normalized spacial score (nSPS) is 22.1. The Bertz CT molecular complexity index is 438. The monoisotopic (exact) mass is 309 g/mol. The molecule has 0 aromatic heterocycles. The Morgan fingerprint density at radius 3 is 2.50 bits per heavy atom. The van der Waals surface area contributed by atoms with Crippen LogP contribution in [0.3, 0.4) is 0 Å². The lowest BCUT2D eigenvalue weighted by molar-refractivity contribution is -0.138. The summed E-state index contributed by atoms with van der Waals surface area (Å²) in [4.78, 5) is 0. The highest BCUT2D eigenvalue weighted by molar-refractivity contribution is 5.85. The van der Waals surface area contributed by atoms with Crippen LogP contribution in [0.15, 0.2) is 24.3 Å². The van der Waals surface area contributed by atoms with Gasteiger partial charge in [-0.3, -0.25) is 5.32 Å². The van der Waals surface area contributed by atoms with Crippen molar-refractivity contribution in [2.75, 3.05) is 13.2 Å². The predicted octanol–water partition coefficient (Wildman–Crippen LogP) is 3.64. The molecule has 0 bridgehead atoms. The SMILES string of the molecule is CC1(C)CNC(Cc2ccccc2C(F)(F)F)OC1.Cl. The highest BCUT2D eigenvalue weighted by atomic mass is 35.5. The van der Waals surface area contributed by atoms with Crippen LogP contribution in [0.2, 0.25) is 0 Å². The van der Waals surface area contributed by atoms with Gasteiger partial charge in [0.05, 0.1) is 12.2 Å². The molecule has 20 heavy (non-hydrogen) atoms. The second-order valence-corrected chi connectivity index (χ2v) is 5.70. The van der Waals surface area contributed by atoms with Crippen molar-refractivity contribution in [3.05, 3.63) is 35.4 Å². The van der Waals surface area contributed by atoms with Crippen molar-refractivity contribution in [2.24, 2.45) is 5.41 Å². The fraction of sp³-hybridized carbons (Fsp3) is 0.571. The third-order valence-electron chi connectivity index (χ3n) is 3.21. The number of alkyl halides is 3. The van der Waals surface area contributed by atoms with Crippen molar-refractivity contribution in [2.45, 2.75) is 32.7 Å². The number of ether oxygens (including phenoxy) is 1. The van der Waals surface area contributed by atoms with Crippen LogP contribution >= 0.6 is 12.4 Å². The molecule has 1 saturated heterocycles. The standard InChI is InChI=1S/C14H18F3NO.ClH/c1-13(2)8-18-12(19-9-13)7-10-5-3-4-6-11(10)14(15,16)17;/h3-6,12,18H,7-9H2,1-2H3;1H. The molecule has 1 aromatic rings. The van der Waals surface area contributed by atoms with Gasteiger partial charge in [-0.25, -0.2) is 0 Å². The number of halogens is 4. The van der Waals surface area contributed by atoms with E-state index in [9.17, 15) is 13.2 Å². The lowest BCUT2D eigenvalue weighted by Crippen LogP contribution is -2.48. The summed E-state index contributed by atoms with van der Waals surface area (Å²) >= 11 is 0. The lowest BCUT2D eigenvalue weighted by atomic mass is 9.93. The predicted molar refractivity (Wildman–Crippen MR) is 73.9 cm³/mol. The van der Waals surface area contributed by atoms with E-state index in [0.29, 0.717) is 6.61 Å². The van der Waals surface area contributed by atoms with Gasteiger partial charge >= 0.3 is 6.18 Å². The van der Waals surface area contributed by atoms with Crippen molar-refractivity contribution in [3.8, 4) is 0 Å². The highest BCUT2D eigenvalue weighted by Gasteiger charge is 2.34. The Hall–Kier alpha value is -0.780. The first-order valence-electron chi connectivity index (χ1n) is 6.28. The maximum absolute atomic E-state index is 12.9. The first-order valence-corrected chi connectivity index (χ1v) is 6.28. The smallest absolute Gasteiger partial charge is 0.362 e. The van der Waals surface area contributed by atoms with Crippen molar-refractivity contribution >= 4 is 12.4 Å². The van der Waals surface area contributed by atoms with Gasteiger partial charge in [-0.05, 0) is 11.6 Å². The number of rotatable bonds is 2.